The van der Waals surface area contributed by atoms with Crippen molar-refractivity contribution in [2.45, 2.75) is 25.8 Å². The summed E-state index contributed by atoms with van der Waals surface area (Å²) >= 11 is 0. The minimum atomic E-state index is -0.250. The Balaban J connectivity index is 0.000000808. The number of aromatic amines is 1. The number of hydrogen-bond donors (Lipinski definition) is 3. The molecule has 0 fully saturated rings. The Hall–Kier alpha value is -6.06. The Morgan fingerprint density at radius 1 is 0.917 bits per heavy atom. The fraction of sp³-hybridized carbons (Fsp3) is 0.312. The summed E-state index contributed by atoms with van der Waals surface area (Å²) in [7, 11) is 1.62. The largest absolute Gasteiger partial charge is 0.493 e. The van der Waals surface area contributed by atoms with Gasteiger partial charge in [0.25, 0.3) is 18.9 Å². The molecule has 0 saturated heterocycles. The van der Waals surface area contributed by atoms with Gasteiger partial charge in [0.05, 0.1) is 20.0 Å². The molecule has 2 bridgehead atoms. The van der Waals surface area contributed by atoms with Crippen LogP contribution < -0.4 is 14.4 Å². The van der Waals surface area contributed by atoms with Crippen LogP contribution in [0, 0.1) is 0 Å². The first-order valence-electron chi connectivity index (χ1n) is 15.1. The number of nitrogens with zero attached hydrogens (tertiary/aromatic N) is 8. The fourth-order valence-corrected chi connectivity index (χ4v) is 5.26. The van der Waals surface area contributed by atoms with Crippen LogP contribution in [0.5, 0.6) is 11.5 Å². The molecule has 0 spiro atoms. The van der Waals surface area contributed by atoms with Gasteiger partial charge in [0.1, 0.15) is 30.0 Å². The number of ether oxygens (including phenoxy) is 2. The van der Waals surface area contributed by atoms with Crippen LogP contribution in [0.1, 0.15) is 29.8 Å². The molecule has 0 aliphatic carbocycles. The van der Waals surface area contributed by atoms with Gasteiger partial charge in [-0.15, -0.1) is 0 Å². The number of aryl methyl sites for hydroxylation is 1. The van der Waals surface area contributed by atoms with Gasteiger partial charge in [0.2, 0.25) is 0 Å². The van der Waals surface area contributed by atoms with Crippen molar-refractivity contribution in [2.24, 2.45) is 0 Å². The molecule has 1 amide bonds. The Morgan fingerprint density at radius 2 is 1.71 bits per heavy atom. The molecule has 0 unspecified atom stereocenters. The van der Waals surface area contributed by atoms with Crippen LogP contribution in [0.15, 0.2) is 67.6 Å². The number of amides is 1. The summed E-state index contributed by atoms with van der Waals surface area (Å²) in [4.78, 5) is 59.6. The van der Waals surface area contributed by atoms with Crippen molar-refractivity contribution in [1.82, 2.24) is 39.4 Å². The Labute approximate surface area is 276 Å². The number of benzene rings is 1. The quantitative estimate of drug-likeness (QED) is 0.239. The lowest BCUT2D eigenvalue weighted by molar-refractivity contribution is -0.123. The molecule has 6 rings (SSSR count). The van der Waals surface area contributed by atoms with Gasteiger partial charge in [-0.2, -0.15) is 0 Å². The zero-order chi connectivity index (χ0) is 34.1. The molecule has 3 N–H and O–H groups in total. The SMILES string of the molecule is COc1ccc2cc1OCCN(C(=O)c1ccccn1)CCCCN(c1ncnc3nc[nH]c13)CCCn1ccnc1-2.O=CO.O=CO. The summed E-state index contributed by atoms with van der Waals surface area (Å²) in [6.45, 7) is 3.10. The smallest absolute Gasteiger partial charge is 0.290 e. The zero-order valence-electron chi connectivity index (χ0n) is 26.4. The number of aromatic nitrogens is 7. The average molecular weight is 660 g/mol. The normalized spacial score (nSPS) is 13.7. The van der Waals surface area contributed by atoms with E-state index in [1.165, 1.54) is 0 Å². The van der Waals surface area contributed by atoms with Crippen molar-refractivity contribution in [3.63, 3.8) is 0 Å². The van der Waals surface area contributed by atoms with Crippen LogP contribution in [-0.4, -0.2) is 108 Å². The Kier molecular flexibility index (Phi) is 13.2. The number of methoxy groups -OCH3 is 1. The minimum absolute atomic E-state index is 0.119. The van der Waals surface area contributed by atoms with E-state index >= 15 is 0 Å². The number of carbonyl (C=O) groups excluding carboxylic acids is 1. The summed E-state index contributed by atoms with van der Waals surface area (Å²) in [5.74, 6) is 2.80. The maximum Gasteiger partial charge on any atom is 0.290 e. The van der Waals surface area contributed by atoms with Gasteiger partial charge < -0.3 is 39.0 Å². The fourth-order valence-electron chi connectivity index (χ4n) is 5.26. The molecular formula is C32H37N9O7. The molecule has 16 heteroatoms. The molecule has 1 aliphatic rings. The van der Waals surface area contributed by atoms with E-state index in [1.807, 2.05) is 41.6 Å². The number of pyridine rings is 1. The van der Waals surface area contributed by atoms with Crippen LogP contribution in [0.4, 0.5) is 5.82 Å². The molecule has 0 saturated carbocycles. The van der Waals surface area contributed by atoms with Crippen molar-refractivity contribution in [3.8, 4) is 22.9 Å². The highest BCUT2D eigenvalue weighted by molar-refractivity contribution is 5.92. The first-order valence-corrected chi connectivity index (χ1v) is 15.1. The summed E-state index contributed by atoms with van der Waals surface area (Å²) in [5.41, 5.74) is 2.80. The van der Waals surface area contributed by atoms with E-state index in [0.717, 1.165) is 61.6 Å². The van der Waals surface area contributed by atoms with Crippen LogP contribution >= 0.6 is 0 Å². The summed E-state index contributed by atoms with van der Waals surface area (Å²) in [6.07, 6.45) is 11.2. The van der Waals surface area contributed by atoms with Gasteiger partial charge in [-0.3, -0.25) is 19.4 Å². The highest BCUT2D eigenvalue weighted by Crippen LogP contribution is 2.32. The third-order valence-corrected chi connectivity index (χ3v) is 7.36. The summed E-state index contributed by atoms with van der Waals surface area (Å²) < 4.78 is 13.9. The average Bonchev–Trinajstić information content (AvgIpc) is 3.79. The van der Waals surface area contributed by atoms with Gasteiger partial charge in [-0.25, -0.2) is 19.9 Å². The van der Waals surface area contributed by atoms with Gasteiger partial charge >= 0.3 is 0 Å². The molecule has 5 heterocycles. The standard InChI is InChI=1S/C30H33N9O3.2CH2O2/c1-41-24-9-8-22-19-25(24)42-18-17-39(30(40)23-7-2-3-10-31-23)13-5-4-12-37(14-6-15-38-16-11-32-28(22)38)29-26-27(34-20-33-26)35-21-36-29;2*2-1-3/h2-3,7-11,16,19-21H,4-6,12-15,17-18H2,1H3,(H,33,34,35,36);2*1H,(H,2,3). The number of fused-ring (bicyclic) bond motifs is 5. The number of carbonyl (C=O) groups is 3. The number of H-pyrrole nitrogens is 1. The van der Waals surface area contributed by atoms with Gasteiger partial charge in [-0.1, -0.05) is 6.07 Å². The van der Waals surface area contributed by atoms with E-state index in [2.05, 4.69) is 39.4 Å². The molecule has 1 aromatic carbocycles. The Bertz CT molecular complexity index is 1740. The molecule has 48 heavy (non-hydrogen) atoms. The lowest BCUT2D eigenvalue weighted by Gasteiger charge is -2.26. The first-order chi connectivity index (χ1) is 23.5. The monoisotopic (exact) mass is 659 g/mol. The maximum atomic E-state index is 13.4. The second-order valence-electron chi connectivity index (χ2n) is 10.2. The Morgan fingerprint density at radius 3 is 2.48 bits per heavy atom. The number of hydrogen-bond acceptors (Lipinski definition) is 11. The zero-order valence-corrected chi connectivity index (χ0v) is 26.4. The van der Waals surface area contributed by atoms with Crippen LogP contribution in [0.25, 0.3) is 22.6 Å². The summed E-state index contributed by atoms with van der Waals surface area (Å²) in [5, 5.41) is 13.8. The molecule has 252 valence electrons. The van der Waals surface area contributed by atoms with Crippen molar-refractivity contribution < 1.29 is 34.1 Å². The van der Waals surface area contributed by atoms with Crippen molar-refractivity contribution in [3.05, 3.63) is 73.3 Å². The number of imidazole rings is 2. The topological polar surface area (TPSA) is 202 Å². The van der Waals surface area contributed by atoms with Gasteiger partial charge in [0.15, 0.2) is 23.0 Å². The predicted octanol–water partition coefficient (Wildman–Crippen LogP) is 3.23. The van der Waals surface area contributed by atoms with E-state index < -0.39 is 0 Å². The number of anilines is 1. The third-order valence-electron chi connectivity index (χ3n) is 7.36. The number of nitrogens with one attached hydrogen (secondary N) is 1. The molecule has 0 atom stereocenters. The van der Waals surface area contributed by atoms with Gasteiger partial charge in [-0.05, 0) is 49.6 Å². The van der Waals surface area contributed by atoms with Crippen molar-refractivity contribution >= 4 is 35.8 Å². The van der Waals surface area contributed by atoms with E-state index in [-0.39, 0.29) is 18.9 Å². The molecule has 4 aromatic heterocycles. The molecular weight excluding hydrogens is 622 g/mol. The van der Waals surface area contributed by atoms with Gasteiger partial charge in [0, 0.05) is 50.3 Å². The molecule has 0 radical (unpaired) electrons. The number of rotatable bonds is 3. The lowest BCUT2D eigenvalue weighted by Crippen LogP contribution is -2.36. The van der Waals surface area contributed by atoms with Crippen LogP contribution in [0.3, 0.4) is 0 Å². The minimum Gasteiger partial charge on any atom is -0.493 e. The van der Waals surface area contributed by atoms with E-state index in [9.17, 15) is 4.79 Å². The third kappa shape index (κ3) is 9.02. The van der Waals surface area contributed by atoms with E-state index in [1.54, 1.807) is 38.1 Å². The molecule has 5 aromatic rings. The molecule has 1 aliphatic heterocycles. The van der Waals surface area contributed by atoms with E-state index in [0.29, 0.717) is 42.5 Å². The maximum absolute atomic E-state index is 13.4. The van der Waals surface area contributed by atoms with Crippen LogP contribution in [-0.2, 0) is 16.1 Å². The molecule has 16 nitrogen and oxygen atoms in total. The van der Waals surface area contributed by atoms with Crippen molar-refractivity contribution in [1.29, 1.82) is 0 Å². The first kappa shape index (κ1) is 34.8. The van der Waals surface area contributed by atoms with E-state index in [4.69, 9.17) is 29.3 Å². The predicted molar refractivity (Wildman–Crippen MR) is 175 cm³/mol. The van der Waals surface area contributed by atoms with Crippen LogP contribution in [0.2, 0.25) is 0 Å². The number of carboxylic acid groups (broad SMARTS) is 2. The summed E-state index contributed by atoms with van der Waals surface area (Å²) in [6, 6.07) is 11.2. The highest BCUT2D eigenvalue weighted by atomic mass is 16.5. The highest BCUT2D eigenvalue weighted by Gasteiger charge is 2.20. The van der Waals surface area contributed by atoms with Crippen molar-refractivity contribution in [2.75, 3.05) is 44.8 Å². The second kappa shape index (κ2) is 18.2. The second-order valence-corrected chi connectivity index (χ2v) is 10.2. The lowest BCUT2D eigenvalue weighted by atomic mass is 10.2.